The number of nitrogens with zero attached hydrogens (tertiary/aromatic N) is 1. The van der Waals surface area contributed by atoms with Crippen LogP contribution in [-0.2, 0) is 9.63 Å². The maximum Gasteiger partial charge on any atom is 0.264 e. The lowest BCUT2D eigenvalue weighted by molar-refractivity contribution is -0.132. The smallest absolute Gasteiger partial charge is 0.264 e. The number of oxime groups is 1. The molecule has 0 aliphatic carbocycles. The molecule has 0 saturated heterocycles. The molecule has 0 aromatic heterocycles. The van der Waals surface area contributed by atoms with Gasteiger partial charge < -0.3 is 10.2 Å². The standard InChI is InChI=1S/C19H18N2O2S/c22-19(17-12-16(21-23-17)13-6-2-1-3-7-13)20-15-10-11-24-18-9-5-4-8-14(15)18/h1-9,15,17H,10-12H2,(H,20,22)/t15-,17+/m0/s1. The van der Waals surface area contributed by atoms with Gasteiger partial charge in [-0.1, -0.05) is 53.7 Å². The van der Waals surface area contributed by atoms with Crippen molar-refractivity contribution in [2.75, 3.05) is 5.75 Å². The molecule has 0 unspecified atom stereocenters. The van der Waals surface area contributed by atoms with Crippen molar-refractivity contribution < 1.29 is 9.63 Å². The molecule has 0 bridgehead atoms. The van der Waals surface area contributed by atoms with E-state index in [-0.39, 0.29) is 11.9 Å². The Morgan fingerprint density at radius 1 is 1.12 bits per heavy atom. The van der Waals surface area contributed by atoms with Gasteiger partial charge in [0.25, 0.3) is 5.91 Å². The summed E-state index contributed by atoms with van der Waals surface area (Å²) < 4.78 is 0. The van der Waals surface area contributed by atoms with Crippen LogP contribution in [0.1, 0.15) is 30.0 Å². The van der Waals surface area contributed by atoms with Gasteiger partial charge in [-0.2, -0.15) is 0 Å². The summed E-state index contributed by atoms with van der Waals surface area (Å²) in [4.78, 5) is 19.2. The summed E-state index contributed by atoms with van der Waals surface area (Å²) in [5.74, 6) is 0.926. The minimum absolute atomic E-state index is 0.0549. The molecular weight excluding hydrogens is 320 g/mol. The molecule has 5 heteroatoms. The van der Waals surface area contributed by atoms with Gasteiger partial charge in [0.05, 0.1) is 11.8 Å². The fraction of sp³-hybridized carbons (Fsp3) is 0.263. The fourth-order valence-corrected chi connectivity index (χ4v) is 4.20. The predicted molar refractivity (Wildman–Crippen MR) is 95.1 cm³/mol. The first-order chi connectivity index (χ1) is 11.8. The van der Waals surface area contributed by atoms with Crippen LogP contribution in [0.25, 0.3) is 0 Å². The summed E-state index contributed by atoms with van der Waals surface area (Å²) in [7, 11) is 0. The summed E-state index contributed by atoms with van der Waals surface area (Å²) in [6, 6.07) is 18.2. The molecule has 122 valence electrons. The molecule has 2 aromatic carbocycles. The van der Waals surface area contributed by atoms with E-state index < -0.39 is 6.10 Å². The van der Waals surface area contributed by atoms with Crippen molar-refractivity contribution in [1.29, 1.82) is 0 Å². The van der Waals surface area contributed by atoms with E-state index in [4.69, 9.17) is 4.84 Å². The Hall–Kier alpha value is -2.27. The normalized spacial score (nSPS) is 22.2. The number of thioether (sulfide) groups is 1. The second kappa shape index (κ2) is 6.69. The van der Waals surface area contributed by atoms with Crippen molar-refractivity contribution >= 4 is 23.4 Å². The van der Waals surface area contributed by atoms with Crippen molar-refractivity contribution in [1.82, 2.24) is 5.32 Å². The van der Waals surface area contributed by atoms with Gasteiger partial charge in [0, 0.05) is 17.1 Å². The Bertz CT molecular complexity index is 776. The predicted octanol–water partition coefficient (Wildman–Crippen LogP) is 3.53. The highest BCUT2D eigenvalue weighted by atomic mass is 32.2. The van der Waals surface area contributed by atoms with Crippen molar-refractivity contribution in [2.24, 2.45) is 5.16 Å². The maximum atomic E-state index is 12.6. The topological polar surface area (TPSA) is 50.7 Å². The third-order valence-electron chi connectivity index (χ3n) is 4.34. The Morgan fingerprint density at radius 2 is 1.92 bits per heavy atom. The van der Waals surface area contributed by atoms with Crippen LogP contribution in [0.5, 0.6) is 0 Å². The minimum Gasteiger partial charge on any atom is -0.382 e. The van der Waals surface area contributed by atoms with Crippen LogP contribution in [0.4, 0.5) is 0 Å². The lowest BCUT2D eigenvalue weighted by Gasteiger charge is -2.26. The number of fused-ring (bicyclic) bond motifs is 1. The zero-order chi connectivity index (χ0) is 16.4. The molecule has 2 aromatic rings. The maximum absolute atomic E-state index is 12.6. The number of benzene rings is 2. The second-order valence-electron chi connectivity index (χ2n) is 5.94. The van der Waals surface area contributed by atoms with E-state index in [0.29, 0.717) is 6.42 Å². The second-order valence-corrected chi connectivity index (χ2v) is 7.08. The lowest BCUT2D eigenvalue weighted by atomic mass is 10.0. The van der Waals surface area contributed by atoms with E-state index in [9.17, 15) is 4.79 Å². The number of rotatable bonds is 3. The average molecular weight is 338 g/mol. The third-order valence-corrected chi connectivity index (χ3v) is 5.47. The van der Waals surface area contributed by atoms with Crippen LogP contribution < -0.4 is 5.32 Å². The number of hydrogen-bond acceptors (Lipinski definition) is 4. The molecule has 1 amide bonds. The summed E-state index contributed by atoms with van der Waals surface area (Å²) in [5.41, 5.74) is 3.03. The number of amides is 1. The first kappa shape index (κ1) is 15.3. The van der Waals surface area contributed by atoms with Gasteiger partial charge in [-0.3, -0.25) is 4.79 Å². The molecule has 0 fully saturated rings. The Labute approximate surface area is 145 Å². The van der Waals surface area contributed by atoms with Gasteiger partial charge in [-0.25, -0.2) is 0 Å². The summed E-state index contributed by atoms with van der Waals surface area (Å²) in [5, 5.41) is 7.24. The van der Waals surface area contributed by atoms with E-state index >= 15 is 0 Å². The molecule has 24 heavy (non-hydrogen) atoms. The van der Waals surface area contributed by atoms with E-state index in [1.54, 1.807) is 0 Å². The monoisotopic (exact) mass is 338 g/mol. The highest BCUT2D eigenvalue weighted by Crippen LogP contribution is 2.36. The molecular formula is C19H18N2O2S. The fourth-order valence-electron chi connectivity index (χ4n) is 3.08. The quantitative estimate of drug-likeness (QED) is 0.931. The van der Waals surface area contributed by atoms with Gasteiger partial charge in [0.1, 0.15) is 0 Å². The molecule has 4 rings (SSSR count). The Kier molecular flexibility index (Phi) is 4.26. The molecule has 2 aliphatic heterocycles. The van der Waals surface area contributed by atoms with Crippen LogP contribution in [0.2, 0.25) is 0 Å². The highest BCUT2D eigenvalue weighted by molar-refractivity contribution is 7.99. The molecule has 2 aliphatic rings. The first-order valence-electron chi connectivity index (χ1n) is 8.11. The summed E-state index contributed by atoms with van der Waals surface area (Å²) in [6.07, 6.45) is 0.910. The van der Waals surface area contributed by atoms with Crippen LogP contribution >= 0.6 is 11.8 Å². The van der Waals surface area contributed by atoms with E-state index in [2.05, 4.69) is 22.6 Å². The van der Waals surface area contributed by atoms with Gasteiger partial charge in [-0.05, 0) is 23.6 Å². The van der Waals surface area contributed by atoms with Gasteiger partial charge in [0.2, 0.25) is 6.10 Å². The zero-order valence-corrected chi connectivity index (χ0v) is 14.0. The van der Waals surface area contributed by atoms with Crippen molar-refractivity contribution in [3.05, 3.63) is 65.7 Å². The van der Waals surface area contributed by atoms with Gasteiger partial charge >= 0.3 is 0 Å². The molecule has 1 N–H and O–H groups in total. The first-order valence-corrected chi connectivity index (χ1v) is 9.10. The lowest BCUT2D eigenvalue weighted by Crippen LogP contribution is -2.38. The van der Waals surface area contributed by atoms with Gasteiger partial charge in [-0.15, -0.1) is 11.8 Å². The highest BCUT2D eigenvalue weighted by Gasteiger charge is 2.31. The Balaban J connectivity index is 1.42. The molecule has 0 saturated carbocycles. The number of carbonyl (C=O) groups is 1. The van der Waals surface area contributed by atoms with Crippen LogP contribution in [0, 0.1) is 0 Å². The zero-order valence-electron chi connectivity index (χ0n) is 13.1. The van der Waals surface area contributed by atoms with Crippen molar-refractivity contribution in [2.45, 2.75) is 29.9 Å². The Morgan fingerprint density at radius 3 is 2.79 bits per heavy atom. The van der Waals surface area contributed by atoms with Crippen LogP contribution in [0.3, 0.4) is 0 Å². The largest absolute Gasteiger partial charge is 0.382 e. The molecule has 2 heterocycles. The number of carbonyl (C=O) groups excluding carboxylic acids is 1. The van der Waals surface area contributed by atoms with Crippen molar-refractivity contribution in [3.8, 4) is 0 Å². The number of nitrogens with one attached hydrogen (secondary N) is 1. The molecule has 0 radical (unpaired) electrons. The van der Waals surface area contributed by atoms with E-state index in [1.165, 1.54) is 10.5 Å². The summed E-state index contributed by atoms with van der Waals surface area (Å²) >= 11 is 1.84. The molecule has 4 nitrogen and oxygen atoms in total. The molecule has 0 spiro atoms. The van der Waals surface area contributed by atoms with Crippen LogP contribution in [-0.4, -0.2) is 23.5 Å². The van der Waals surface area contributed by atoms with Crippen molar-refractivity contribution in [3.63, 3.8) is 0 Å². The average Bonchev–Trinajstić information content (AvgIpc) is 3.13. The molecule has 2 atom stereocenters. The van der Waals surface area contributed by atoms with Gasteiger partial charge in [0.15, 0.2) is 0 Å². The summed E-state index contributed by atoms with van der Waals surface area (Å²) in [6.45, 7) is 0. The van der Waals surface area contributed by atoms with E-state index in [0.717, 1.165) is 23.4 Å². The van der Waals surface area contributed by atoms with E-state index in [1.807, 2.05) is 54.2 Å². The third kappa shape index (κ3) is 3.04. The SMILES string of the molecule is O=C(N[C@H]1CCSc2ccccc21)[C@H]1CC(c2ccccc2)=NO1. The van der Waals surface area contributed by atoms with Crippen LogP contribution in [0.15, 0.2) is 64.6 Å². The number of hydrogen-bond donors (Lipinski definition) is 1. The minimum atomic E-state index is -0.540.